The molecular formula is C20H42N4O2Si4. The van der Waals surface area contributed by atoms with E-state index in [1.54, 1.807) is 0 Å². The molecule has 0 unspecified atom stereocenters. The predicted molar refractivity (Wildman–Crippen MR) is 141 cm³/mol. The van der Waals surface area contributed by atoms with Crippen LogP contribution in [-0.4, -0.2) is 44.9 Å². The Labute approximate surface area is 188 Å². The van der Waals surface area contributed by atoms with E-state index in [1.165, 1.54) is 0 Å². The minimum Gasteiger partial charge on any atom is -0.530 e. The summed E-state index contributed by atoms with van der Waals surface area (Å²) in [5.41, 5.74) is 1.91. The third-order valence-corrected chi connectivity index (χ3v) is 6.35. The molecular weight excluding hydrogens is 441 g/mol. The smallest absolute Gasteiger partial charge is 0.244 e. The molecule has 30 heavy (non-hydrogen) atoms. The summed E-state index contributed by atoms with van der Waals surface area (Å²) in [5, 5.41) is 15.9. The summed E-state index contributed by atoms with van der Waals surface area (Å²) < 4.78 is 12.6. The van der Waals surface area contributed by atoms with Crippen molar-refractivity contribution in [2.75, 3.05) is 0 Å². The van der Waals surface area contributed by atoms with E-state index in [9.17, 15) is 0 Å². The van der Waals surface area contributed by atoms with Crippen molar-refractivity contribution in [2.24, 2.45) is 10.2 Å². The van der Waals surface area contributed by atoms with Crippen LogP contribution in [0.2, 0.25) is 78.6 Å². The summed E-state index contributed by atoms with van der Waals surface area (Å²) >= 11 is 0. The fourth-order valence-electron chi connectivity index (χ4n) is 2.06. The van der Waals surface area contributed by atoms with E-state index in [-0.39, 0.29) is 0 Å². The Balaban J connectivity index is 3.26. The van der Waals surface area contributed by atoms with Gasteiger partial charge >= 0.3 is 0 Å². The van der Waals surface area contributed by atoms with E-state index in [2.05, 4.69) is 98.9 Å². The summed E-state index contributed by atoms with van der Waals surface area (Å²) in [6, 6.07) is 8.16. The van der Waals surface area contributed by atoms with Crippen molar-refractivity contribution in [1.29, 1.82) is 0 Å². The summed E-state index contributed by atoms with van der Waals surface area (Å²) in [7, 11) is -6.71. The van der Waals surface area contributed by atoms with Gasteiger partial charge < -0.3 is 19.0 Å². The predicted octanol–water partition coefficient (Wildman–Crippen LogP) is 5.56. The van der Waals surface area contributed by atoms with Gasteiger partial charge in [0.2, 0.25) is 28.4 Å². The van der Waals surface area contributed by atoms with Gasteiger partial charge in [-0.05, 0) is 63.5 Å². The van der Waals surface area contributed by atoms with Crippen molar-refractivity contribution in [3.63, 3.8) is 0 Å². The number of rotatable bonds is 8. The highest BCUT2D eigenvalue weighted by atomic mass is 28.4. The molecule has 0 aliphatic carbocycles. The number of nitrogens with one attached hydrogen (secondary N) is 2. The first kappa shape index (κ1) is 26.7. The van der Waals surface area contributed by atoms with Crippen LogP contribution in [0.4, 0.5) is 0 Å². The largest absolute Gasteiger partial charge is 0.530 e. The first-order valence-corrected chi connectivity index (χ1v) is 24.3. The molecule has 0 fully saturated rings. The van der Waals surface area contributed by atoms with Gasteiger partial charge in [-0.1, -0.05) is 39.3 Å². The van der Waals surface area contributed by atoms with Crippen LogP contribution in [-0.2, 0) is 8.85 Å². The van der Waals surface area contributed by atoms with Gasteiger partial charge in [0.25, 0.3) is 0 Å². The van der Waals surface area contributed by atoms with Crippen LogP contribution in [0.3, 0.4) is 0 Å². The highest BCUT2D eigenvalue weighted by Crippen LogP contribution is 2.15. The van der Waals surface area contributed by atoms with E-state index in [0.717, 1.165) is 11.1 Å². The fraction of sp³-hybridized carbons (Fsp3) is 0.600. The molecule has 0 spiro atoms. The lowest BCUT2D eigenvalue weighted by molar-refractivity contribution is 0.545. The zero-order chi connectivity index (χ0) is 23.4. The lowest BCUT2D eigenvalue weighted by Gasteiger charge is -2.24. The van der Waals surface area contributed by atoms with E-state index in [1.807, 2.05) is 24.3 Å². The van der Waals surface area contributed by atoms with Gasteiger partial charge in [-0.15, -0.1) is 0 Å². The normalized spacial score (nSPS) is 14.4. The van der Waals surface area contributed by atoms with Gasteiger partial charge in [0.15, 0.2) is 16.5 Å². The zero-order valence-corrected chi connectivity index (χ0v) is 25.0. The van der Waals surface area contributed by atoms with Gasteiger partial charge in [-0.2, -0.15) is 10.2 Å². The molecule has 1 rings (SSSR count). The highest BCUT2D eigenvalue weighted by molar-refractivity contribution is 6.74. The van der Waals surface area contributed by atoms with Crippen LogP contribution in [0, 0.1) is 0 Å². The third kappa shape index (κ3) is 11.7. The molecule has 0 aliphatic heterocycles. The molecule has 0 saturated carbocycles. The maximum Gasteiger partial charge on any atom is 0.244 e. The average Bonchev–Trinajstić information content (AvgIpc) is 2.52. The maximum absolute atomic E-state index is 6.28. The van der Waals surface area contributed by atoms with E-state index in [0.29, 0.717) is 11.8 Å². The van der Waals surface area contributed by atoms with Crippen LogP contribution >= 0.6 is 0 Å². The van der Waals surface area contributed by atoms with Crippen molar-refractivity contribution in [1.82, 2.24) is 10.2 Å². The molecule has 0 heterocycles. The fourth-order valence-corrected chi connectivity index (χ4v) is 4.43. The second kappa shape index (κ2) is 9.84. The number of hydrogen-bond donors (Lipinski definition) is 2. The first-order valence-electron chi connectivity index (χ1n) is 10.5. The molecule has 10 heteroatoms. The minimum absolute atomic E-state index is 0.660. The molecule has 0 atom stereocenters. The lowest BCUT2D eigenvalue weighted by atomic mass is 10.1. The number of hydrogen-bond acceptors (Lipinski definition) is 6. The Kier molecular flexibility index (Phi) is 8.74. The lowest BCUT2D eigenvalue weighted by Crippen LogP contribution is -2.40. The molecule has 2 N–H and O–H groups in total. The van der Waals surface area contributed by atoms with Crippen molar-refractivity contribution < 1.29 is 8.85 Å². The Hall–Kier alpha value is -1.37. The van der Waals surface area contributed by atoms with Crippen molar-refractivity contribution in [3.05, 3.63) is 35.4 Å². The maximum atomic E-state index is 6.28. The Morgan fingerprint density at radius 3 is 1.03 bits per heavy atom. The second-order valence-electron chi connectivity index (χ2n) is 11.6. The zero-order valence-electron chi connectivity index (χ0n) is 21.0. The third-order valence-electron chi connectivity index (χ3n) is 3.17. The summed E-state index contributed by atoms with van der Waals surface area (Å²) in [4.78, 5) is 0. The van der Waals surface area contributed by atoms with Gasteiger partial charge in [0, 0.05) is 11.1 Å². The molecule has 0 aliphatic rings. The van der Waals surface area contributed by atoms with E-state index >= 15 is 0 Å². The Morgan fingerprint density at radius 2 is 0.833 bits per heavy atom. The summed E-state index contributed by atoms with van der Waals surface area (Å²) in [6.07, 6.45) is 0. The van der Waals surface area contributed by atoms with Crippen LogP contribution in [0.1, 0.15) is 11.1 Å². The molecule has 6 nitrogen and oxygen atoms in total. The Morgan fingerprint density at radius 1 is 0.567 bits per heavy atom. The number of benzene rings is 1. The monoisotopic (exact) mass is 482 g/mol. The van der Waals surface area contributed by atoms with Gasteiger partial charge in [0.05, 0.1) is 0 Å². The van der Waals surface area contributed by atoms with Crippen LogP contribution in [0.15, 0.2) is 34.5 Å². The van der Waals surface area contributed by atoms with Gasteiger partial charge in [-0.25, -0.2) is 0 Å². The quantitative estimate of drug-likeness (QED) is 0.220. The number of nitrogens with zero attached hydrogens (tertiary/aromatic N) is 2. The van der Waals surface area contributed by atoms with Gasteiger partial charge in [0.1, 0.15) is 0 Å². The Bertz CT molecular complexity index is 688. The molecule has 170 valence electrons. The van der Waals surface area contributed by atoms with Crippen molar-refractivity contribution >= 4 is 44.9 Å². The van der Waals surface area contributed by atoms with E-state index < -0.39 is 33.1 Å². The molecule has 0 radical (unpaired) electrons. The molecule has 0 aromatic heterocycles. The SMILES string of the molecule is C[Si](C)(C)NN=C(O[Si](C)(C)C)c1ccc(C(=NN[Si](C)(C)C)O[Si](C)(C)C)cc1. The van der Waals surface area contributed by atoms with Crippen molar-refractivity contribution in [3.8, 4) is 0 Å². The minimum atomic E-state index is -1.80. The molecule has 0 amide bonds. The van der Waals surface area contributed by atoms with Crippen molar-refractivity contribution in [2.45, 2.75) is 78.6 Å². The summed E-state index contributed by atoms with van der Waals surface area (Å²) in [6.45, 7) is 26.3. The topological polar surface area (TPSA) is 67.2 Å². The van der Waals surface area contributed by atoms with Crippen LogP contribution in [0.25, 0.3) is 0 Å². The second-order valence-corrected chi connectivity index (χ2v) is 29.9. The summed E-state index contributed by atoms with van der Waals surface area (Å²) in [5.74, 6) is 1.32. The van der Waals surface area contributed by atoms with Crippen LogP contribution < -0.4 is 10.2 Å². The van der Waals surface area contributed by atoms with E-state index in [4.69, 9.17) is 8.85 Å². The standard InChI is InChI=1S/C20H42N4O2Si4/c1-27(2,3)23-21-19(25-29(7,8)9)17-13-15-18(16-14-17)20(26-30(10,11)12)22-24-28(4,5)6/h13-16,23-24H,1-12H3. The molecule has 1 aromatic rings. The highest BCUT2D eigenvalue weighted by Gasteiger charge is 2.23. The molecule has 0 saturated heterocycles. The van der Waals surface area contributed by atoms with Gasteiger partial charge in [-0.3, -0.25) is 0 Å². The molecule has 0 bridgehead atoms. The average molecular weight is 483 g/mol. The molecule has 1 aromatic carbocycles. The first-order chi connectivity index (χ1) is 13.3. The van der Waals surface area contributed by atoms with Crippen LogP contribution in [0.5, 0.6) is 0 Å². The number of hydrazone groups is 2.